The van der Waals surface area contributed by atoms with Crippen molar-refractivity contribution in [1.82, 2.24) is 9.99 Å². The molecule has 2 heterocycles. The molecule has 0 saturated heterocycles. The molecule has 8 nitrogen and oxygen atoms in total. The first-order valence-corrected chi connectivity index (χ1v) is 12.6. The van der Waals surface area contributed by atoms with Crippen LogP contribution in [0.1, 0.15) is 9.67 Å². The molecule has 0 aliphatic rings. The largest absolute Gasteiger partial charge is 0.497 e. The van der Waals surface area contributed by atoms with Gasteiger partial charge < -0.3 is 4.74 Å². The smallest absolute Gasteiger partial charge is 0.283 e. The minimum absolute atomic E-state index is 0.00219. The molecule has 0 fully saturated rings. The number of hydrogen-bond acceptors (Lipinski definition) is 7. The van der Waals surface area contributed by atoms with E-state index in [2.05, 4.69) is 10.5 Å². The maximum atomic E-state index is 13.0. The summed E-state index contributed by atoms with van der Waals surface area (Å²) >= 11 is 9.07. The van der Waals surface area contributed by atoms with Gasteiger partial charge in [-0.3, -0.25) is 19.5 Å². The van der Waals surface area contributed by atoms with E-state index in [-0.39, 0.29) is 5.69 Å². The van der Waals surface area contributed by atoms with E-state index in [1.165, 1.54) is 34.8 Å². The fourth-order valence-electron chi connectivity index (χ4n) is 3.63. The first kappa shape index (κ1) is 23.7. The van der Waals surface area contributed by atoms with Gasteiger partial charge in [-0.2, -0.15) is 0 Å². The lowest BCUT2D eigenvalue weighted by atomic mass is 10.1. The summed E-state index contributed by atoms with van der Waals surface area (Å²) in [6, 6.07) is 21.2. The molecule has 0 bridgehead atoms. The topological polar surface area (TPSA) is 98.8 Å². The molecule has 0 unspecified atom stereocenters. The van der Waals surface area contributed by atoms with Gasteiger partial charge >= 0.3 is 0 Å². The van der Waals surface area contributed by atoms with Crippen molar-refractivity contribution in [2.75, 3.05) is 7.11 Å². The van der Waals surface area contributed by atoms with Crippen molar-refractivity contribution in [3.63, 3.8) is 0 Å². The minimum atomic E-state index is -0.440. The number of thiophene rings is 1. The van der Waals surface area contributed by atoms with E-state index >= 15 is 0 Å². The number of hydrogen-bond donors (Lipinski definition) is 1. The predicted octanol–water partition coefficient (Wildman–Crippen LogP) is 6.24. The molecule has 3 aromatic carbocycles. The number of methoxy groups -OCH3 is 1. The zero-order valence-electron chi connectivity index (χ0n) is 18.7. The minimum Gasteiger partial charge on any atom is -0.497 e. The average Bonchev–Trinajstić information content (AvgIpc) is 3.49. The second-order valence-corrected chi connectivity index (χ2v) is 9.80. The number of nitro groups is 1. The number of rotatable bonds is 6. The molecule has 0 aliphatic heterocycles. The third-order valence-corrected chi connectivity index (χ3v) is 7.91. The van der Waals surface area contributed by atoms with E-state index in [9.17, 15) is 14.9 Å². The molecule has 1 amide bonds. The van der Waals surface area contributed by atoms with Gasteiger partial charge in [0.2, 0.25) is 4.80 Å². The molecule has 0 saturated carbocycles. The predicted molar refractivity (Wildman–Crippen MR) is 142 cm³/mol. The lowest BCUT2D eigenvalue weighted by Gasteiger charge is -2.10. The van der Waals surface area contributed by atoms with Crippen molar-refractivity contribution in [2.24, 2.45) is 5.10 Å². The molecule has 180 valence electrons. The zero-order valence-corrected chi connectivity index (χ0v) is 21.1. The molecule has 11 heteroatoms. The van der Waals surface area contributed by atoms with Crippen LogP contribution in [0.15, 0.2) is 83.3 Å². The molecule has 0 spiro atoms. The molecule has 36 heavy (non-hydrogen) atoms. The molecule has 0 radical (unpaired) electrons. The summed E-state index contributed by atoms with van der Waals surface area (Å²) in [5.41, 5.74) is 4.92. The third kappa shape index (κ3) is 4.49. The Labute approximate surface area is 217 Å². The highest BCUT2D eigenvalue weighted by Crippen LogP contribution is 2.35. The maximum absolute atomic E-state index is 13.0. The number of non-ortho nitro benzene ring substituents is 1. The van der Waals surface area contributed by atoms with E-state index in [0.29, 0.717) is 20.5 Å². The Morgan fingerprint density at radius 1 is 1.08 bits per heavy atom. The Bertz CT molecular complexity index is 1650. The Balaban J connectivity index is 1.56. The first-order valence-electron chi connectivity index (χ1n) is 10.6. The highest BCUT2D eigenvalue weighted by Gasteiger charge is 2.17. The standard InChI is InChI=1S/C25H17ClN4O4S2/c1-34-18-12-10-16(11-13-18)29-20(15-6-8-17(9-7-15)30(32)33)14-35-25(29)28-27-24(31)23-22(26)19-4-2-3-5-21(19)36-23/h2-14H,1H3,(H,27,31)/b28-25-. The van der Waals surface area contributed by atoms with Crippen LogP contribution in [-0.2, 0) is 0 Å². The van der Waals surface area contributed by atoms with Gasteiger partial charge in [0.15, 0.2) is 0 Å². The molecule has 1 N–H and O–H groups in total. The highest BCUT2D eigenvalue weighted by atomic mass is 35.5. The molecule has 0 atom stereocenters. The summed E-state index contributed by atoms with van der Waals surface area (Å²) in [4.78, 5) is 24.5. The number of nitrogens with one attached hydrogen (secondary N) is 1. The Morgan fingerprint density at radius 2 is 1.81 bits per heavy atom. The average molecular weight is 537 g/mol. The Hall–Kier alpha value is -3.99. The number of fused-ring (bicyclic) bond motifs is 1. The van der Waals surface area contributed by atoms with Crippen LogP contribution in [0.4, 0.5) is 5.69 Å². The van der Waals surface area contributed by atoms with Crippen LogP contribution in [0.2, 0.25) is 5.02 Å². The number of ether oxygens (including phenoxy) is 1. The van der Waals surface area contributed by atoms with Gasteiger partial charge in [0.1, 0.15) is 10.6 Å². The fraction of sp³-hybridized carbons (Fsp3) is 0.0400. The number of nitro benzene ring substituents is 1. The van der Waals surface area contributed by atoms with Crippen molar-refractivity contribution in [2.45, 2.75) is 0 Å². The molecule has 2 aromatic heterocycles. The summed E-state index contributed by atoms with van der Waals surface area (Å²) in [5, 5.41) is 18.6. The van der Waals surface area contributed by atoms with Gasteiger partial charge in [0.05, 0.1) is 22.7 Å². The van der Waals surface area contributed by atoms with Crippen LogP contribution >= 0.6 is 34.3 Å². The second-order valence-electron chi connectivity index (χ2n) is 7.53. The van der Waals surface area contributed by atoms with Gasteiger partial charge in [-0.15, -0.1) is 27.8 Å². The molecular weight excluding hydrogens is 520 g/mol. The quantitative estimate of drug-likeness (QED) is 0.205. The lowest BCUT2D eigenvalue weighted by Crippen LogP contribution is -2.23. The van der Waals surface area contributed by atoms with Crippen molar-refractivity contribution in [1.29, 1.82) is 0 Å². The van der Waals surface area contributed by atoms with Gasteiger partial charge in [0.25, 0.3) is 11.6 Å². The van der Waals surface area contributed by atoms with Crippen LogP contribution in [0.5, 0.6) is 5.75 Å². The third-order valence-electron chi connectivity index (χ3n) is 5.41. The summed E-state index contributed by atoms with van der Waals surface area (Å²) in [6.45, 7) is 0. The van der Waals surface area contributed by atoms with Gasteiger partial charge in [-0.1, -0.05) is 29.8 Å². The van der Waals surface area contributed by atoms with Crippen LogP contribution in [0.25, 0.3) is 27.0 Å². The van der Waals surface area contributed by atoms with Gasteiger partial charge in [0, 0.05) is 33.3 Å². The number of benzene rings is 3. The number of halogens is 1. The Morgan fingerprint density at radius 3 is 2.47 bits per heavy atom. The molecular formula is C25H17ClN4O4S2. The van der Waals surface area contributed by atoms with E-state index in [4.69, 9.17) is 16.3 Å². The van der Waals surface area contributed by atoms with Gasteiger partial charge in [-0.25, -0.2) is 5.43 Å². The summed E-state index contributed by atoms with van der Waals surface area (Å²) < 4.78 is 8.04. The van der Waals surface area contributed by atoms with Crippen LogP contribution < -0.4 is 15.0 Å². The van der Waals surface area contributed by atoms with E-state index in [0.717, 1.165) is 27.0 Å². The molecule has 5 aromatic rings. The fourth-order valence-corrected chi connectivity index (χ4v) is 5.91. The van der Waals surface area contributed by atoms with E-state index in [1.54, 1.807) is 19.2 Å². The first-order chi connectivity index (χ1) is 17.5. The summed E-state index contributed by atoms with van der Waals surface area (Å²) in [6.07, 6.45) is 0. The van der Waals surface area contributed by atoms with Crippen LogP contribution in [0, 0.1) is 10.1 Å². The van der Waals surface area contributed by atoms with Crippen LogP contribution in [0.3, 0.4) is 0 Å². The Kier molecular flexibility index (Phi) is 6.55. The normalized spacial score (nSPS) is 11.6. The lowest BCUT2D eigenvalue weighted by molar-refractivity contribution is -0.384. The maximum Gasteiger partial charge on any atom is 0.283 e. The molecule has 0 aliphatic carbocycles. The number of thiazole rings is 1. The van der Waals surface area contributed by atoms with Crippen molar-refractivity contribution < 1.29 is 14.5 Å². The van der Waals surface area contributed by atoms with Crippen LogP contribution in [-0.4, -0.2) is 22.5 Å². The number of nitrogens with zero attached hydrogens (tertiary/aromatic N) is 3. The van der Waals surface area contributed by atoms with E-state index in [1.807, 2.05) is 58.5 Å². The SMILES string of the molecule is COc1ccc(-n2c(-c3ccc([N+](=O)[O-])cc3)cs/c2=N\NC(=O)c2sc3ccccc3c2Cl)cc1. The van der Waals surface area contributed by atoms with Crippen molar-refractivity contribution in [3.05, 3.63) is 103 Å². The van der Waals surface area contributed by atoms with Crippen molar-refractivity contribution in [3.8, 4) is 22.7 Å². The number of carbonyl (C=O) groups is 1. The number of carbonyl (C=O) groups excluding carboxylic acids is 1. The highest BCUT2D eigenvalue weighted by molar-refractivity contribution is 7.21. The molecule has 5 rings (SSSR count). The summed E-state index contributed by atoms with van der Waals surface area (Å²) in [7, 11) is 1.59. The van der Waals surface area contributed by atoms with E-state index < -0.39 is 10.8 Å². The number of aromatic nitrogens is 1. The van der Waals surface area contributed by atoms with Gasteiger partial charge in [-0.05, 0) is 48.0 Å². The zero-order chi connectivity index (χ0) is 25.2. The number of amides is 1. The summed E-state index contributed by atoms with van der Waals surface area (Å²) in [5.74, 6) is 0.283. The van der Waals surface area contributed by atoms with Crippen molar-refractivity contribution >= 4 is 56.0 Å². The monoisotopic (exact) mass is 536 g/mol. The second kappa shape index (κ2) is 9.94.